The van der Waals surface area contributed by atoms with Gasteiger partial charge in [-0.25, -0.2) is 5.01 Å². The number of benzene rings is 1. The summed E-state index contributed by atoms with van der Waals surface area (Å²) in [5, 5.41) is 5.85. The molecular formula is C19H22N2O2. The molecule has 0 N–H and O–H groups in total. The molecule has 23 heavy (non-hydrogen) atoms. The Morgan fingerprint density at radius 2 is 2.04 bits per heavy atom. The molecule has 1 aliphatic heterocycles. The van der Waals surface area contributed by atoms with Crippen molar-refractivity contribution >= 4 is 17.4 Å². The van der Waals surface area contributed by atoms with Gasteiger partial charge in [-0.05, 0) is 50.9 Å². The van der Waals surface area contributed by atoms with Crippen molar-refractivity contribution in [2.75, 3.05) is 6.54 Å². The zero-order valence-corrected chi connectivity index (χ0v) is 13.7. The van der Waals surface area contributed by atoms with Crippen LogP contribution in [0.4, 0.5) is 0 Å². The molecule has 3 aliphatic rings. The normalized spacial score (nSPS) is 35.2. The van der Waals surface area contributed by atoms with Gasteiger partial charge < -0.3 is 0 Å². The first kappa shape index (κ1) is 14.6. The van der Waals surface area contributed by atoms with E-state index in [1.807, 2.05) is 32.0 Å². The maximum atomic E-state index is 13.0. The van der Waals surface area contributed by atoms with E-state index in [0.29, 0.717) is 17.4 Å². The first-order valence-corrected chi connectivity index (χ1v) is 8.47. The summed E-state index contributed by atoms with van der Waals surface area (Å²) in [6.07, 6.45) is 3.70. The molecule has 0 spiro atoms. The van der Waals surface area contributed by atoms with Crippen molar-refractivity contribution in [3.05, 3.63) is 35.9 Å². The van der Waals surface area contributed by atoms with E-state index in [2.05, 4.69) is 5.10 Å². The zero-order chi connectivity index (χ0) is 16.2. The monoisotopic (exact) mass is 310 g/mol. The Hall–Kier alpha value is -1.97. The van der Waals surface area contributed by atoms with Gasteiger partial charge in [0.15, 0.2) is 5.78 Å². The van der Waals surface area contributed by atoms with E-state index >= 15 is 0 Å². The summed E-state index contributed by atoms with van der Waals surface area (Å²) in [4.78, 5) is 25.4. The van der Waals surface area contributed by atoms with Crippen LogP contribution in [-0.2, 0) is 4.79 Å². The van der Waals surface area contributed by atoms with Crippen molar-refractivity contribution in [1.82, 2.24) is 5.01 Å². The van der Waals surface area contributed by atoms with Crippen LogP contribution < -0.4 is 0 Å². The third-order valence-electron chi connectivity index (χ3n) is 6.38. The van der Waals surface area contributed by atoms with Gasteiger partial charge in [0.25, 0.3) is 5.91 Å². The number of rotatable bonds is 4. The van der Waals surface area contributed by atoms with Crippen LogP contribution in [0.3, 0.4) is 0 Å². The number of hydrogen-bond acceptors (Lipinski definition) is 3. The predicted molar refractivity (Wildman–Crippen MR) is 88.0 cm³/mol. The molecule has 120 valence electrons. The van der Waals surface area contributed by atoms with Crippen LogP contribution in [0, 0.1) is 23.2 Å². The molecule has 1 heterocycles. The number of nitrogens with zero attached hydrogens (tertiary/aromatic N) is 2. The molecule has 1 aromatic rings. The summed E-state index contributed by atoms with van der Waals surface area (Å²) >= 11 is 0. The Morgan fingerprint density at radius 3 is 2.61 bits per heavy atom. The molecule has 0 radical (unpaired) electrons. The second-order valence-electron chi connectivity index (χ2n) is 7.38. The van der Waals surface area contributed by atoms with Gasteiger partial charge in [0.1, 0.15) is 6.54 Å². The quantitative estimate of drug-likeness (QED) is 0.802. The number of amides is 1. The number of hydrazone groups is 1. The van der Waals surface area contributed by atoms with Crippen LogP contribution in [0.2, 0.25) is 0 Å². The molecule has 2 aliphatic carbocycles. The fourth-order valence-electron chi connectivity index (χ4n) is 4.52. The zero-order valence-electron chi connectivity index (χ0n) is 13.7. The third kappa shape index (κ3) is 2.00. The number of Topliss-reactive ketones (excluding diaryl/α,β-unsaturated/α-hetero) is 1. The van der Waals surface area contributed by atoms with E-state index in [9.17, 15) is 9.59 Å². The van der Waals surface area contributed by atoms with Crippen LogP contribution in [0.1, 0.15) is 43.5 Å². The predicted octanol–water partition coefficient (Wildman–Crippen LogP) is 3.14. The second-order valence-corrected chi connectivity index (χ2v) is 7.38. The van der Waals surface area contributed by atoms with Gasteiger partial charge in [-0.2, -0.15) is 5.10 Å². The lowest BCUT2D eigenvalue weighted by Crippen LogP contribution is -2.56. The van der Waals surface area contributed by atoms with Gasteiger partial charge in [0, 0.05) is 5.56 Å². The van der Waals surface area contributed by atoms with E-state index in [-0.39, 0.29) is 18.2 Å². The van der Waals surface area contributed by atoms with Gasteiger partial charge in [-0.1, -0.05) is 30.3 Å². The Kier molecular flexibility index (Phi) is 3.19. The van der Waals surface area contributed by atoms with Crippen LogP contribution in [0.25, 0.3) is 0 Å². The first-order valence-electron chi connectivity index (χ1n) is 8.47. The lowest BCUT2D eigenvalue weighted by molar-refractivity contribution is -0.147. The van der Waals surface area contributed by atoms with E-state index < -0.39 is 5.41 Å². The molecule has 0 saturated heterocycles. The molecule has 4 rings (SSSR count). The summed E-state index contributed by atoms with van der Waals surface area (Å²) < 4.78 is 0. The van der Waals surface area contributed by atoms with Crippen molar-refractivity contribution in [3.8, 4) is 0 Å². The molecule has 4 atom stereocenters. The summed E-state index contributed by atoms with van der Waals surface area (Å²) in [7, 11) is 0. The van der Waals surface area contributed by atoms with Crippen LogP contribution in [0.5, 0.6) is 0 Å². The minimum atomic E-state index is -0.501. The number of ketones is 1. The first-order chi connectivity index (χ1) is 11.0. The highest BCUT2D eigenvalue weighted by Gasteiger charge is 2.61. The van der Waals surface area contributed by atoms with Crippen LogP contribution in [-0.4, -0.2) is 29.0 Å². The molecule has 2 fully saturated rings. The molecule has 1 unspecified atom stereocenters. The summed E-state index contributed by atoms with van der Waals surface area (Å²) in [5.41, 5.74) is 1.00. The number of carbonyl (C=O) groups excluding carboxylic acids is 2. The minimum Gasteiger partial charge on any atom is -0.292 e. The van der Waals surface area contributed by atoms with Crippen molar-refractivity contribution < 1.29 is 9.59 Å². The van der Waals surface area contributed by atoms with Crippen LogP contribution in [0.15, 0.2) is 35.4 Å². The second kappa shape index (κ2) is 5.02. The van der Waals surface area contributed by atoms with E-state index in [1.165, 1.54) is 17.9 Å². The van der Waals surface area contributed by atoms with Crippen molar-refractivity contribution in [2.24, 2.45) is 28.3 Å². The van der Waals surface area contributed by atoms with E-state index in [1.54, 1.807) is 12.1 Å². The molecule has 4 nitrogen and oxygen atoms in total. The molecule has 4 heteroatoms. The highest BCUT2D eigenvalue weighted by molar-refractivity contribution is 6.12. The topological polar surface area (TPSA) is 49.7 Å². The Balaban J connectivity index is 1.51. The van der Waals surface area contributed by atoms with Gasteiger partial charge >= 0.3 is 0 Å². The fourth-order valence-corrected chi connectivity index (χ4v) is 4.52. The largest absolute Gasteiger partial charge is 0.292 e. The van der Waals surface area contributed by atoms with Gasteiger partial charge in [0.05, 0.1) is 11.1 Å². The Bertz CT molecular complexity index is 697. The summed E-state index contributed by atoms with van der Waals surface area (Å²) in [5.74, 6) is 1.88. The lowest BCUT2D eigenvalue weighted by Gasteiger charge is -2.58. The molecule has 0 aromatic heterocycles. The van der Waals surface area contributed by atoms with Crippen LogP contribution >= 0.6 is 0 Å². The molecule has 0 bridgehead atoms. The minimum absolute atomic E-state index is 0.00892. The summed E-state index contributed by atoms with van der Waals surface area (Å²) in [6.45, 7) is 4.01. The maximum Gasteiger partial charge on any atom is 0.255 e. The summed E-state index contributed by atoms with van der Waals surface area (Å²) in [6, 6.07) is 9.11. The fraction of sp³-hybridized carbons (Fsp3) is 0.526. The molecule has 1 aromatic carbocycles. The third-order valence-corrected chi connectivity index (χ3v) is 6.38. The average molecular weight is 310 g/mol. The number of hydrogen-bond donors (Lipinski definition) is 0. The Labute approximate surface area is 136 Å². The highest BCUT2D eigenvalue weighted by atomic mass is 16.2. The Morgan fingerprint density at radius 1 is 1.30 bits per heavy atom. The van der Waals surface area contributed by atoms with E-state index in [0.717, 1.165) is 18.1 Å². The molecular weight excluding hydrogens is 288 g/mol. The number of fused-ring (bicyclic) bond motifs is 1. The number of carbonyl (C=O) groups is 2. The van der Waals surface area contributed by atoms with Gasteiger partial charge in [0.2, 0.25) is 0 Å². The molecule has 1 amide bonds. The lowest BCUT2D eigenvalue weighted by atomic mass is 9.46. The van der Waals surface area contributed by atoms with Gasteiger partial charge in [-0.3, -0.25) is 9.59 Å². The van der Waals surface area contributed by atoms with Crippen molar-refractivity contribution in [1.29, 1.82) is 0 Å². The maximum absolute atomic E-state index is 13.0. The molecule has 2 saturated carbocycles. The van der Waals surface area contributed by atoms with Crippen molar-refractivity contribution in [3.63, 3.8) is 0 Å². The van der Waals surface area contributed by atoms with E-state index in [4.69, 9.17) is 0 Å². The SMILES string of the molecule is CC1=NN(CC(=O)c2ccccc2)C(=O)[C@@]1(C)[C@@H]1CC2CC[C@H]21. The van der Waals surface area contributed by atoms with Gasteiger partial charge in [-0.15, -0.1) is 0 Å². The average Bonchev–Trinajstić information content (AvgIpc) is 2.75. The highest BCUT2D eigenvalue weighted by Crippen LogP contribution is 2.61. The standard InChI is InChI=1S/C19H22N2O2/c1-12-19(2,16-10-14-8-9-15(14)16)18(23)21(20-12)11-17(22)13-6-4-3-5-7-13/h3-7,14-16H,8-11H2,1-2H3/t14?,15-,16-,19-/m1/s1. The smallest absolute Gasteiger partial charge is 0.255 e. The van der Waals surface area contributed by atoms with Crippen molar-refractivity contribution in [2.45, 2.75) is 33.1 Å².